The quantitative estimate of drug-likeness (QED) is 0.423. The normalized spacial score (nSPS) is 18.6. The number of carbonyl (C=O) groups excluding carboxylic acids is 3. The van der Waals surface area contributed by atoms with E-state index in [1.54, 1.807) is 24.3 Å². The van der Waals surface area contributed by atoms with Gasteiger partial charge in [0.2, 0.25) is 11.8 Å². The second kappa shape index (κ2) is 13.5. The zero-order valence-electron chi connectivity index (χ0n) is 25.0. The van der Waals surface area contributed by atoms with E-state index in [0.29, 0.717) is 86.7 Å². The van der Waals surface area contributed by atoms with E-state index in [-0.39, 0.29) is 24.3 Å². The Morgan fingerprint density at radius 3 is 2.58 bits per heavy atom. The van der Waals surface area contributed by atoms with Crippen LogP contribution < -0.4 is 26.4 Å². The molecule has 0 aliphatic carbocycles. The highest BCUT2D eigenvalue weighted by atomic mass is 16.5. The molecule has 3 aromatic rings. The van der Waals surface area contributed by atoms with Crippen LogP contribution in [-0.2, 0) is 16.1 Å². The third-order valence-corrected chi connectivity index (χ3v) is 8.61. The van der Waals surface area contributed by atoms with Gasteiger partial charge in [0.15, 0.2) is 5.58 Å². The number of rotatable bonds is 4. The number of ether oxygens (including phenoxy) is 1. The summed E-state index contributed by atoms with van der Waals surface area (Å²) in [7, 11) is 0. The van der Waals surface area contributed by atoms with Gasteiger partial charge in [0.25, 0.3) is 5.91 Å². The van der Waals surface area contributed by atoms with E-state index in [4.69, 9.17) is 9.15 Å². The standard InChI is InChI=1S/C32H41N5O6/c1-3-37-25-11-10-23(20-26(25)43-31(37)41)35-27(38)21-36-17-13-32(14-18-36)12-4-5-15-33-29(39)24-9-6-8-22(2)28(24)42-19-7-16-34-30(32)40/h6,8-11,20H,3-5,7,12-19,21H2,1-2H3,(H,33,39)(H,34,40)(H,35,38). The predicted octanol–water partition coefficient (Wildman–Crippen LogP) is 3.44. The zero-order valence-corrected chi connectivity index (χ0v) is 25.0. The molecule has 1 spiro atoms. The molecule has 11 heteroatoms. The molecule has 0 unspecified atom stereocenters. The van der Waals surface area contributed by atoms with E-state index in [1.165, 1.54) is 4.57 Å². The van der Waals surface area contributed by atoms with Crippen LogP contribution in [0.15, 0.2) is 45.6 Å². The fourth-order valence-electron chi connectivity index (χ4n) is 6.12. The third kappa shape index (κ3) is 6.93. The van der Waals surface area contributed by atoms with Gasteiger partial charge in [0, 0.05) is 31.4 Å². The lowest BCUT2D eigenvalue weighted by Crippen LogP contribution is -2.50. The van der Waals surface area contributed by atoms with E-state index in [9.17, 15) is 19.2 Å². The van der Waals surface area contributed by atoms with Gasteiger partial charge in [-0.05, 0) is 82.8 Å². The Morgan fingerprint density at radius 2 is 1.79 bits per heavy atom. The monoisotopic (exact) mass is 591 g/mol. The van der Waals surface area contributed by atoms with Crippen molar-refractivity contribution in [3.05, 3.63) is 58.1 Å². The van der Waals surface area contributed by atoms with Gasteiger partial charge in [-0.3, -0.25) is 23.9 Å². The summed E-state index contributed by atoms with van der Waals surface area (Å²) >= 11 is 0. The molecule has 5 rings (SSSR count). The highest BCUT2D eigenvalue weighted by Gasteiger charge is 2.40. The first-order chi connectivity index (χ1) is 20.8. The molecule has 1 fully saturated rings. The number of nitrogens with one attached hydrogen (secondary N) is 3. The van der Waals surface area contributed by atoms with Crippen LogP contribution >= 0.6 is 0 Å². The Morgan fingerprint density at radius 1 is 1.00 bits per heavy atom. The first-order valence-corrected chi connectivity index (χ1v) is 15.2. The average molecular weight is 592 g/mol. The molecule has 1 aromatic heterocycles. The number of carbonyl (C=O) groups is 3. The number of anilines is 1. The summed E-state index contributed by atoms with van der Waals surface area (Å²) in [6, 6.07) is 10.8. The van der Waals surface area contributed by atoms with Gasteiger partial charge in [-0.1, -0.05) is 18.6 Å². The molecule has 0 atom stereocenters. The van der Waals surface area contributed by atoms with Crippen LogP contribution in [0.1, 0.15) is 61.4 Å². The Bertz CT molecular complexity index is 1530. The van der Waals surface area contributed by atoms with Gasteiger partial charge >= 0.3 is 5.76 Å². The average Bonchev–Trinajstić information content (AvgIpc) is 3.31. The van der Waals surface area contributed by atoms with Crippen molar-refractivity contribution in [1.29, 1.82) is 0 Å². The molecule has 3 N–H and O–H groups in total. The van der Waals surface area contributed by atoms with Crippen molar-refractivity contribution >= 4 is 34.5 Å². The molecule has 1 saturated heterocycles. The number of aromatic nitrogens is 1. The van der Waals surface area contributed by atoms with Crippen LogP contribution in [0.5, 0.6) is 5.75 Å². The molecule has 3 amide bonds. The summed E-state index contributed by atoms with van der Waals surface area (Å²) < 4.78 is 12.8. The van der Waals surface area contributed by atoms with Gasteiger partial charge in [0.05, 0.1) is 29.6 Å². The summed E-state index contributed by atoms with van der Waals surface area (Å²) in [5, 5.41) is 9.06. The van der Waals surface area contributed by atoms with E-state index < -0.39 is 11.2 Å². The smallest absolute Gasteiger partial charge is 0.419 e. The van der Waals surface area contributed by atoms with Crippen LogP contribution in [0.4, 0.5) is 5.69 Å². The van der Waals surface area contributed by atoms with Crippen molar-refractivity contribution in [1.82, 2.24) is 20.1 Å². The maximum Gasteiger partial charge on any atom is 0.419 e. The molecule has 0 radical (unpaired) electrons. The number of likely N-dealkylation sites (tertiary alicyclic amines) is 1. The Kier molecular flexibility index (Phi) is 9.49. The van der Waals surface area contributed by atoms with Crippen LogP contribution in [-0.4, -0.2) is 66.5 Å². The fourth-order valence-corrected chi connectivity index (χ4v) is 6.12. The van der Waals surface area contributed by atoms with Crippen LogP contribution in [0.25, 0.3) is 11.1 Å². The minimum absolute atomic E-state index is 0.0564. The second-order valence-corrected chi connectivity index (χ2v) is 11.5. The number of para-hydroxylation sites is 1. The summed E-state index contributed by atoms with van der Waals surface area (Å²) in [4.78, 5) is 53.3. The largest absolute Gasteiger partial charge is 0.492 e. The van der Waals surface area contributed by atoms with Gasteiger partial charge in [-0.25, -0.2) is 4.79 Å². The minimum Gasteiger partial charge on any atom is -0.492 e. The zero-order chi connectivity index (χ0) is 30.4. The fraction of sp³-hybridized carbons (Fsp3) is 0.500. The third-order valence-electron chi connectivity index (χ3n) is 8.61. The van der Waals surface area contributed by atoms with Crippen molar-refractivity contribution in [2.45, 2.75) is 58.9 Å². The van der Waals surface area contributed by atoms with E-state index in [1.807, 2.05) is 26.0 Å². The van der Waals surface area contributed by atoms with Crippen molar-refractivity contribution in [2.24, 2.45) is 5.41 Å². The molecule has 3 heterocycles. The Balaban J connectivity index is 1.17. The highest BCUT2D eigenvalue weighted by molar-refractivity contribution is 5.97. The highest BCUT2D eigenvalue weighted by Crippen LogP contribution is 2.37. The van der Waals surface area contributed by atoms with E-state index >= 15 is 0 Å². The van der Waals surface area contributed by atoms with Crippen LogP contribution in [0, 0.1) is 12.3 Å². The number of nitrogens with zero attached hydrogens (tertiary/aromatic N) is 2. The maximum absolute atomic E-state index is 13.5. The van der Waals surface area contributed by atoms with E-state index in [2.05, 4.69) is 20.9 Å². The lowest BCUT2D eigenvalue weighted by molar-refractivity contribution is -0.134. The number of benzene rings is 2. The van der Waals surface area contributed by atoms with Crippen LogP contribution in [0.3, 0.4) is 0 Å². The Labute approximate surface area is 250 Å². The molecule has 2 aliphatic rings. The molecular formula is C32H41N5O6. The first-order valence-electron chi connectivity index (χ1n) is 15.2. The molecule has 11 nitrogen and oxygen atoms in total. The molecule has 230 valence electrons. The van der Waals surface area contributed by atoms with Crippen molar-refractivity contribution in [2.75, 3.05) is 44.6 Å². The molecule has 2 aliphatic heterocycles. The molecular weight excluding hydrogens is 550 g/mol. The second-order valence-electron chi connectivity index (χ2n) is 11.5. The maximum atomic E-state index is 13.5. The molecule has 0 saturated carbocycles. The van der Waals surface area contributed by atoms with Crippen molar-refractivity contribution in [3.63, 3.8) is 0 Å². The lowest BCUT2D eigenvalue weighted by atomic mass is 9.73. The number of amides is 3. The minimum atomic E-state index is -0.507. The van der Waals surface area contributed by atoms with Crippen LogP contribution in [0.2, 0.25) is 0 Å². The molecule has 2 aromatic carbocycles. The number of oxazole rings is 1. The number of fused-ring (bicyclic) bond motifs is 2. The number of hydrogen-bond donors (Lipinski definition) is 3. The molecule has 0 bridgehead atoms. The number of piperidine rings is 1. The van der Waals surface area contributed by atoms with Crippen molar-refractivity contribution in [3.8, 4) is 5.75 Å². The first kappa shape index (κ1) is 30.3. The summed E-state index contributed by atoms with van der Waals surface area (Å²) in [6.45, 7) is 7.17. The summed E-state index contributed by atoms with van der Waals surface area (Å²) in [5.74, 6) is -0.0732. The lowest BCUT2D eigenvalue weighted by Gasteiger charge is -2.40. The van der Waals surface area contributed by atoms with Gasteiger partial charge < -0.3 is 25.1 Å². The summed E-state index contributed by atoms with van der Waals surface area (Å²) in [6.07, 6.45) is 4.23. The van der Waals surface area contributed by atoms with Crippen molar-refractivity contribution < 1.29 is 23.5 Å². The topological polar surface area (TPSA) is 135 Å². The SMILES string of the molecule is CCn1c(=O)oc2cc(NC(=O)CN3CCC4(CCCCNC(=O)c5cccc(C)c5OCCCNC4=O)CC3)ccc21. The number of hydrogen-bond acceptors (Lipinski definition) is 7. The van der Waals surface area contributed by atoms with Gasteiger partial charge in [-0.15, -0.1) is 0 Å². The Hall–Kier alpha value is -4.12. The molecule has 43 heavy (non-hydrogen) atoms. The summed E-state index contributed by atoms with van der Waals surface area (Å²) in [5.41, 5.74) is 2.63. The van der Waals surface area contributed by atoms with Gasteiger partial charge in [-0.2, -0.15) is 0 Å². The number of aryl methyl sites for hydroxylation is 2. The van der Waals surface area contributed by atoms with E-state index in [0.717, 1.165) is 24.8 Å². The van der Waals surface area contributed by atoms with Gasteiger partial charge in [0.1, 0.15) is 5.75 Å². The predicted molar refractivity (Wildman–Crippen MR) is 163 cm³/mol.